The van der Waals surface area contributed by atoms with Crippen LogP contribution >= 0.6 is 11.6 Å². The van der Waals surface area contributed by atoms with E-state index in [1.54, 1.807) is 12.1 Å². The number of halogens is 1. The van der Waals surface area contributed by atoms with Gasteiger partial charge in [0.05, 0.1) is 10.6 Å². The number of nitrogens with one attached hydrogen (secondary N) is 2. The highest BCUT2D eigenvalue weighted by atomic mass is 35.5. The molecule has 25 heavy (non-hydrogen) atoms. The lowest BCUT2D eigenvalue weighted by atomic mass is 9.98. The lowest BCUT2D eigenvalue weighted by Gasteiger charge is -2.22. The Kier molecular flexibility index (Phi) is 5.70. The Morgan fingerprint density at radius 3 is 2.68 bits per heavy atom. The summed E-state index contributed by atoms with van der Waals surface area (Å²) in [5, 5.41) is 15.8. The largest absolute Gasteiger partial charge is 0.352 e. The second-order valence-corrected chi connectivity index (χ2v) is 6.70. The van der Waals surface area contributed by atoms with Gasteiger partial charge in [0.25, 0.3) is 5.91 Å². The molecule has 2 aromatic rings. The predicted octanol–water partition coefficient (Wildman–Crippen LogP) is 3.61. The smallest absolute Gasteiger partial charge is 0.251 e. The van der Waals surface area contributed by atoms with Crippen LogP contribution in [0.15, 0.2) is 42.5 Å². The molecule has 5 heteroatoms. The van der Waals surface area contributed by atoms with Gasteiger partial charge >= 0.3 is 0 Å². The Morgan fingerprint density at radius 1 is 1.20 bits per heavy atom. The maximum atomic E-state index is 12.4. The van der Waals surface area contributed by atoms with Crippen molar-refractivity contribution in [2.24, 2.45) is 5.92 Å². The topological polar surface area (TPSA) is 64.9 Å². The first-order valence-electron chi connectivity index (χ1n) is 8.46. The number of hydrogen-bond acceptors (Lipinski definition) is 3. The van der Waals surface area contributed by atoms with Crippen molar-refractivity contribution in [3.63, 3.8) is 0 Å². The molecule has 2 N–H and O–H groups in total. The number of carbonyl (C=O) groups excluding carboxylic acids is 1. The summed E-state index contributed by atoms with van der Waals surface area (Å²) in [6.45, 7) is 2.76. The van der Waals surface area contributed by atoms with E-state index in [0.29, 0.717) is 28.6 Å². The average molecular weight is 354 g/mol. The molecule has 1 fully saturated rings. The van der Waals surface area contributed by atoms with Gasteiger partial charge in [-0.1, -0.05) is 29.8 Å². The Hall–Kier alpha value is -2.35. The molecule has 2 aromatic carbocycles. The molecule has 1 heterocycles. The first-order valence-corrected chi connectivity index (χ1v) is 8.84. The number of nitriles is 1. The maximum absolute atomic E-state index is 12.4. The van der Waals surface area contributed by atoms with Gasteiger partial charge in [-0.25, -0.2) is 0 Å². The minimum absolute atomic E-state index is 0.0554. The lowest BCUT2D eigenvalue weighted by molar-refractivity contribution is 0.0944. The normalized spacial score (nSPS) is 14.7. The highest BCUT2D eigenvalue weighted by molar-refractivity contribution is 6.32. The molecule has 0 aromatic heterocycles. The Labute approximate surface area is 152 Å². The van der Waals surface area contributed by atoms with Gasteiger partial charge in [0.1, 0.15) is 6.07 Å². The highest BCUT2D eigenvalue weighted by Gasteiger charge is 2.15. The number of nitrogens with zero attached hydrogens (tertiary/aromatic N) is 1. The van der Waals surface area contributed by atoms with E-state index >= 15 is 0 Å². The van der Waals surface area contributed by atoms with E-state index in [2.05, 4.69) is 16.7 Å². The standard InChI is InChI=1S/C20H20ClN3O/c21-19-11-16(4-5-18(19)12-22)15-2-1-3-17(10-15)20(25)24-13-14-6-8-23-9-7-14/h1-5,10-11,14,23H,6-9,13H2,(H,24,25). The van der Waals surface area contributed by atoms with Gasteiger partial charge in [-0.3, -0.25) is 4.79 Å². The summed E-state index contributed by atoms with van der Waals surface area (Å²) in [6.07, 6.45) is 2.20. The third-order valence-corrected chi connectivity index (χ3v) is 4.87. The molecule has 1 saturated heterocycles. The molecule has 1 aliphatic rings. The van der Waals surface area contributed by atoms with Crippen LogP contribution in [0.5, 0.6) is 0 Å². The second-order valence-electron chi connectivity index (χ2n) is 6.29. The number of hydrogen-bond donors (Lipinski definition) is 2. The van der Waals surface area contributed by atoms with Gasteiger partial charge in [0.2, 0.25) is 0 Å². The summed E-state index contributed by atoms with van der Waals surface area (Å²) >= 11 is 6.11. The third-order valence-electron chi connectivity index (χ3n) is 4.56. The van der Waals surface area contributed by atoms with Crippen molar-refractivity contribution in [3.05, 3.63) is 58.6 Å². The van der Waals surface area contributed by atoms with E-state index in [-0.39, 0.29) is 5.91 Å². The van der Waals surface area contributed by atoms with Gasteiger partial charge in [0, 0.05) is 12.1 Å². The maximum Gasteiger partial charge on any atom is 0.251 e. The Morgan fingerprint density at radius 2 is 1.96 bits per heavy atom. The van der Waals surface area contributed by atoms with Gasteiger partial charge in [0.15, 0.2) is 0 Å². The van der Waals surface area contributed by atoms with Gasteiger partial charge in [-0.15, -0.1) is 0 Å². The first-order chi connectivity index (χ1) is 12.2. The van der Waals surface area contributed by atoms with E-state index in [1.807, 2.05) is 30.3 Å². The van der Waals surface area contributed by atoms with E-state index in [0.717, 1.165) is 37.1 Å². The Bertz CT molecular complexity index is 807. The van der Waals surface area contributed by atoms with Crippen LogP contribution in [-0.2, 0) is 0 Å². The predicted molar refractivity (Wildman–Crippen MR) is 99.5 cm³/mol. The summed E-state index contributed by atoms with van der Waals surface area (Å²) in [4.78, 5) is 12.4. The molecule has 1 aliphatic heterocycles. The SMILES string of the molecule is N#Cc1ccc(-c2cccc(C(=O)NCC3CCNCC3)c2)cc1Cl. The van der Waals surface area contributed by atoms with Crippen LogP contribution in [-0.4, -0.2) is 25.5 Å². The summed E-state index contributed by atoms with van der Waals surface area (Å²) in [5.74, 6) is 0.492. The van der Waals surface area contributed by atoms with Crippen molar-refractivity contribution < 1.29 is 4.79 Å². The molecular formula is C20H20ClN3O. The van der Waals surface area contributed by atoms with E-state index in [4.69, 9.17) is 16.9 Å². The summed E-state index contributed by atoms with van der Waals surface area (Å²) in [5.41, 5.74) is 2.87. The minimum Gasteiger partial charge on any atom is -0.352 e. The van der Waals surface area contributed by atoms with Gasteiger partial charge < -0.3 is 10.6 Å². The molecular weight excluding hydrogens is 334 g/mol. The molecule has 3 rings (SSSR count). The lowest BCUT2D eigenvalue weighted by Crippen LogP contribution is -2.35. The number of carbonyl (C=O) groups is 1. The van der Waals surface area contributed by atoms with Crippen molar-refractivity contribution in [3.8, 4) is 17.2 Å². The minimum atomic E-state index is -0.0554. The van der Waals surface area contributed by atoms with Crippen molar-refractivity contribution in [1.82, 2.24) is 10.6 Å². The van der Waals surface area contributed by atoms with Crippen LogP contribution in [0.3, 0.4) is 0 Å². The molecule has 0 radical (unpaired) electrons. The molecule has 1 amide bonds. The zero-order chi connectivity index (χ0) is 17.6. The van der Waals surface area contributed by atoms with Crippen molar-refractivity contribution in [2.45, 2.75) is 12.8 Å². The summed E-state index contributed by atoms with van der Waals surface area (Å²) in [7, 11) is 0. The van der Waals surface area contributed by atoms with Crippen molar-refractivity contribution in [2.75, 3.05) is 19.6 Å². The van der Waals surface area contributed by atoms with Crippen LogP contribution in [0.2, 0.25) is 5.02 Å². The molecule has 4 nitrogen and oxygen atoms in total. The van der Waals surface area contributed by atoms with E-state index in [1.165, 1.54) is 0 Å². The van der Waals surface area contributed by atoms with Crippen molar-refractivity contribution >= 4 is 17.5 Å². The molecule has 0 unspecified atom stereocenters. The number of benzene rings is 2. The fourth-order valence-electron chi connectivity index (χ4n) is 3.05. The van der Waals surface area contributed by atoms with E-state index < -0.39 is 0 Å². The highest BCUT2D eigenvalue weighted by Crippen LogP contribution is 2.26. The second kappa shape index (κ2) is 8.15. The summed E-state index contributed by atoms with van der Waals surface area (Å²) < 4.78 is 0. The molecule has 0 spiro atoms. The van der Waals surface area contributed by atoms with Gasteiger partial charge in [-0.2, -0.15) is 5.26 Å². The molecule has 0 aliphatic carbocycles. The average Bonchev–Trinajstić information content (AvgIpc) is 2.67. The van der Waals surface area contributed by atoms with Crippen LogP contribution in [0.25, 0.3) is 11.1 Å². The molecule has 0 atom stereocenters. The summed E-state index contributed by atoms with van der Waals surface area (Å²) in [6, 6.07) is 14.8. The number of rotatable bonds is 4. The Balaban J connectivity index is 1.71. The van der Waals surface area contributed by atoms with Crippen LogP contribution in [0.1, 0.15) is 28.8 Å². The number of piperidine rings is 1. The quantitative estimate of drug-likeness (QED) is 0.882. The third kappa shape index (κ3) is 4.39. The number of amides is 1. The van der Waals surface area contributed by atoms with Crippen LogP contribution < -0.4 is 10.6 Å². The molecule has 128 valence electrons. The zero-order valence-electron chi connectivity index (χ0n) is 13.9. The van der Waals surface area contributed by atoms with Crippen LogP contribution in [0.4, 0.5) is 0 Å². The van der Waals surface area contributed by atoms with Crippen molar-refractivity contribution in [1.29, 1.82) is 5.26 Å². The fourth-order valence-corrected chi connectivity index (χ4v) is 3.27. The van der Waals surface area contributed by atoms with Crippen LogP contribution in [0, 0.1) is 17.2 Å². The van der Waals surface area contributed by atoms with Gasteiger partial charge in [-0.05, 0) is 67.2 Å². The fraction of sp³-hybridized carbons (Fsp3) is 0.300. The molecule has 0 bridgehead atoms. The zero-order valence-corrected chi connectivity index (χ0v) is 14.6. The molecule has 0 saturated carbocycles. The monoisotopic (exact) mass is 353 g/mol. The van der Waals surface area contributed by atoms with E-state index in [9.17, 15) is 4.79 Å². The first kappa shape index (κ1) is 17.5.